The highest BCUT2D eigenvalue weighted by Gasteiger charge is 2.03. The number of hydrogen-bond acceptors (Lipinski definition) is 2. The fourth-order valence-corrected chi connectivity index (χ4v) is 1.18. The SMILES string of the molecule is COCc1cccc(C=O)c1Cl. The number of rotatable bonds is 3. The Morgan fingerprint density at radius 1 is 1.58 bits per heavy atom. The summed E-state index contributed by atoms with van der Waals surface area (Å²) in [6.45, 7) is 0.431. The van der Waals surface area contributed by atoms with Crippen LogP contribution in [0.3, 0.4) is 0 Å². The molecule has 0 saturated heterocycles. The number of carbonyl (C=O) groups excluding carboxylic acids is 1. The quantitative estimate of drug-likeness (QED) is 0.674. The van der Waals surface area contributed by atoms with Gasteiger partial charge in [-0.05, 0) is 5.56 Å². The summed E-state index contributed by atoms with van der Waals surface area (Å²) in [4.78, 5) is 10.5. The zero-order chi connectivity index (χ0) is 8.97. The molecule has 0 radical (unpaired) electrons. The lowest BCUT2D eigenvalue weighted by Gasteiger charge is -2.03. The van der Waals surface area contributed by atoms with E-state index in [1.54, 1.807) is 19.2 Å². The van der Waals surface area contributed by atoms with Gasteiger partial charge in [0.1, 0.15) is 0 Å². The van der Waals surface area contributed by atoms with Crippen LogP contribution in [0.1, 0.15) is 15.9 Å². The molecule has 0 spiro atoms. The van der Waals surface area contributed by atoms with Crippen LogP contribution in [-0.2, 0) is 11.3 Å². The Morgan fingerprint density at radius 3 is 2.92 bits per heavy atom. The van der Waals surface area contributed by atoms with Gasteiger partial charge in [0.05, 0.1) is 11.6 Å². The van der Waals surface area contributed by atoms with Crippen LogP contribution in [0.25, 0.3) is 0 Å². The number of carbonyl (C=O) groups is 1. The maximum Gasteiger partial charge on any atom is 0.151 e. The standard InChI is InChI=1S/C9H9ClO2/c1-12-6-8-4-2-3-7(5-11)9(8)10/h2-5H,6H2,1H3. The van der Waals surface area contributed by atoms with Gasteiger partial charge < -0.3 is 4.74 Å². The van der Waals surface area contributed by atoms with Gasteiger partial charge in [-0.3, -0.25) is 4.79 Å². The normalized spacial score (nSPS) is 9.83. The van der Waals surface area contributed by atoms with Gasteiger partial charge in [0.25, 0.3) is 0 Å². The van der Waals surface area contributed by atoms with Gasteiger partial charge in [-0.15, -0.1) is 0 Å². The van der Waals surface area contributed by atoms with Crippen molar-refractivity contribution in [1.29, 1.82) is 0 Å². The zero-order valence-electron chi connectivity index (χ0n) is 6.71. The predicted octanol–water partition coefficient (Wildman–Crippen LogP) is 2.30. The molecule has 0 amide bonds. The van der Waals surface area contributed by atoms with Gasteiger partial charge >= 0.3 is 0 Å². The Balaban J connectivity index is 3.04. The lowest BCUT2D eigenvalue weighted by Crippen LogP contribution is -1.92. The van der Waals surface area contributed by atoms with Crippen LogP contribution >= 0.6 is 11.6 Å². The van der Waals surface area contributed by atoms with Crippen LogP contribution in [0.15, 0.2) is 18.2 Å². The molecule has 0 heterocycles. The van der Waals surface area contributed by atoms with Crippen LogP contribution < -0.4 is 0 Å². The number of methoxy groups -OCH3 is 1. The minimum Gasteiger partial charge on any atom is -0.380 e. The van der Waals surface area contributed by atoms with Crippen LogP contribution in [0, 0.1) is 0 Å². The Labute approximate surface area is 76.1 Å². The Morgan fingerprint density at radius 2 is 2.33 bits per heavy atom. The molecule has 0 aliphatic carbocycles. The molecule has 0 atom stereocenters. The van der Waals surface area contributed by atoms with Crippen molar-refractivity contribution < 1.29 is 9.53 Å². The molecule has 0 aliphatic rings. The Kier molecular flexibility index (Phi) is 3.26. The van der Waals surface area contributed by atoms with E-state index in [0.717, 1.165) is 11.8 Å². The van der Waals surface area contributed by atoms with Crippen LogP contribution in [0.5, 0.6) is 0 Å². The lowest BCUT2D eigenvalue weighted by molar-refractivity contribution is 0.112. The second-order valence-corrected chi connectivity index (χ2v) is 2.75. The summed E-state index contributed by atoms with van der Waals surface area (Å²) in [7, 11) is 1.59. The molecule has 0 aromatic heterocycles. The van der Waals surface area contributed by atoms with Crippen molar-refractivity contribution in [2.75, 3.05) is 7.11 Å². The van der Waals surface area contributed by atoms with Crippen molar-refractivity contribution in [3.8, 4) is 0 Å². The van der Waals surface area contributed by atoms with Gasteiger partial charge in [0, 0.05) is 12.7 Å². The molecular weight excluding hydrogens is 176 g/mol. The van der Waals surface area contributed by atoms with Gasteiger partial charge in [0.2, 0.25) is 0 Å². The number of ether oxygens (including phenoxy) is 1. The molecule has 64 valence electrons. The lowest BCUT2D eigenvalue weighted by atomic mass is 10.1. The summed E-state index contributed by atoms with van der Waals surface area (Å²) in [5.74, 6) is 0. The second-order valence-electron chi connectivity index (χ2n) is 2.37. The summed E-state index contributed by atoms with van der Waals surface area (Å²) in [5.41, 5.74) is 1.34. The molecule has 0 N–H and O–H groups in total. The minimum absolute atomic E-state index is 0.431. The van der Waals surface area contributed by atoms with E-state index in [1.807, 2.05) is 6.07 Å². The molecular formula is C9H9ClO2. The van der Waals surface area contributed by atoms with Crippen molar-refractivity contribution in [2.45, 2.75) is 6.61 Å². The van der Waals surface area contributed by atoms with Crippen LogP contribution in [0.2, 0.25) is 5.02 Å². The van der Waals surface area contributed by atoms with Crippen molar-refractivity contribution in [3.05, 3.63) is 34.3 Å². The number of hydrogen-bond donors (Lipinski definition) is 0. The average molecular weight is 185 g/mol. The largest absolute Gasteiger partial charge is 0.380 e. The van der Waals surface area contributed by atoms with E-state index in [-0.39, 0.29) is 0 Å². The molecule has 1 aromatic rings. The van der Waals surface area contributed by atoms with E-state index in [0.29, 0.717) is 17.2 Å². The highest BCUT2D eigenvalue weighted by molar-refractivity contribution is 6.33. The summed E-state index contributed by atoms with van der Waals surface area (Å²) in [6.07, 6.45) is 0.738. The fourth-order valence-electron chi connectivity index (χ4n) is 0.958. The van der Waals surface area contributed by atoms with Crippen molar-refractivity contribution in [1.82, 2.24) is 0 Å². The third-order valence-corrected chi connectivity index (χ3v) is 2.00. The van der Waals surface area contributed by atoms with Crippen LogP contribution in [-0.4, -0.2) is 13.4 Å². The average Bonchev–Trinajstić information content (AvgIpc) is 2.09. The molecule has 0 saturated carbocycles. The van der Waals surface area contributed by atoms with E-state index in [1.165, 1.54) is 0 Å². The van der Waals surface area contributed by atoms with Crippen molar-refractivity contribution >= 4 is 17.9 Å². The number of halogens is 1. The van der Waals surface area contributed by atoms with Gasteiger partial charge in [0.15, 0.2) is 6.29 Å². The van der Waals surface area contributed by atoms with Gasteiger partial charge in [-0.2, -0.15) is 0 Å². The molecule has 0 aliphatic heterocycles. The first-order valence-electron chi connectivity index (χ1n) is 3.51. The molecule has 0 unspecified atom stereocenters. The molecule has 0 fully saturated rings. The van der Waals surface area contributed by atoms with Crippen molar-refractivity contribution in [3.63, 3.8) is 0 Å². The first-order valence-corrected chi connectivity index (χ1v) is 3.89. The fraction of sp³-hybridized carbons (Fsp3) is 0.222. The third-order valence-electron chi connectivity index (χ3n) is 1.54. The summed E-state index contributed by atoms with van der Waals surface area (Å²) >= 11 is 5.88. The summed E-state index contributed by atoms with van der Waals surface area (Å²) < 4.78 is 4.91. The third kappa shape index (κ3) is 1.84. The van der Waals surface area contributed by atoms with E-state index < -0.39 is 0 Å². The van der Waals surface area contributed by atoms with E-state index in [4.69, 9.17) is 16.3 Å². The summed E-state index contributed by atoms with van der Waals surface area (Å²) in [5, 5.41) is 0.481. The van der Waals surface area contributed by atoms with Crippen LogP contribution in [0.4, 0.5) is 0 Å². The molecule has 12 heavy (non-hydrogen) atoms. The topological polar surface area (TPSA) is 26.3 Å². The monoisotopic (exact) mass is 184 g/mol. The summed E-state index contributed by atoms with van der Waals surface area (Å²) in [6, 6.07) is 5.29. The molecule has 1 aromatic carbocycles. The Bertz CT molecular complexity index is 284. The molecule has 1 rings (SSSR count). The number of aldehydes is 1. The van der Waals surface area contributed by atoms with E-state index >= 15 is 0 Å². The zero-order valence-corrected chi connectivity index (χ0v) is 7.47. The molecule has 0 bridgehead atoms. The first kappa shape index (κ1) is 9.23. The van der Waals surface area contributed by atoms with E-state index in [9.17, 15) is 4.79 Å². The van der Waals surface area contributed by atoms with Gasteiger partial charge in [-0.1, -0.05) is 29.8 Å². The Hall–Kier alpha value is -0.860. The second kappa shape index (κ2) is 4.24. The molecule has 2 nitrogen and oxygen atoms in total. The van der Waals surface area contributed by atoms with Gasteiger partial charge in [-0.25, -0.2) is 0 Å². The highest BCUT2D eigenvalue weighted by atomic mass is 35.5. The maximum atomic E-state index is 10.5. The van der Waals surface area contributed by atoms with E-state index in [2.05, 4.69) is 0 Å². The highest BCUT2D eigenvalue weighted by Crippen LogP contribution is 2.19. The minimum atomic E-state index is 0.431. The maximum absolute atomic E-state index is 10.5. The smallest absolute Gasteiger partial charge is 0.151 e. The molecule has 3 heteroatoms. The number of benzene rings is 1. The first-order chi connectivity index (χ1) is 5.79. The predicted molar refractivity (Wildman–Crippen MR) is 47.6 cm³/mol. The van der Waals surface area contributed by atoms with Crippen molar-refractivity contribution in [2.24, 2.45) is 0 Å².